The highest BCUT2D eigenvalue weighted by Gasteiger charge is 2.34. The van der Waals surface area contributed by atoms with E-state index in [0.717, 1.165) is 24.0 Å². The van der Waals surface area contributed by atoms with Gasteiger partial charge in [0.1, 0.15) is 12.1 Å². The van der Waals surface area contributed by atoms with Crippen molar-refractivity contribution in [3.63, 3.8) is 0 Å². The van der Waals surface area contributed by atoms with E-state index in [2.05, 4.69) is 19.7 Å². The number of ether oxygens (including phenoxy) is 1. The van der Waals surface area contributed by atoms with Crippen molar-refractivity contribution in [3.05, 3.63) is 67.3 Å². The molecule has 98 valence electrons. The standard InChI is InChI=1S/C17H19NO/c1-4-11-17(12-5-2)13-19-16(18-17)15-9-7-14(6-3)8-10-15/h4-10H,1-3,11-13H2. The minimum absolute atomic E-state index is 0.226. The third-order valence-corrected chi connectivity index (χ3v) is 3.26. The lowest BCUT2D eigenvalue weighted by molar-refractivity contribution is 0.256. The fraction of sp³-hybridized carbons (Fsp3) is 0.235. The largest absolute Gasteiger partial charge is 0.475 e. The Balaban J connectivity index is 2.26. The van der Waals surface area contributed by atoms with Gasteiger partial charge in [-0.25, -0.2) is 4.99 Å². The summed E-state index contributed by atoms with van der Waals surface area (Å²) in [5.41, 5.74) is 1.86. The molecule has 1 aliphatic rings. The summed E-state index contributed by atoms with van der Waals surface area (Å²) in [6.07, 6.45) is 7.20. The van der Waals surface area contributed by atoms with Crippen molar-refractivity contribution >= 4 is 12.0 Å². The first kappa shape index (κ1) is 13.3. The highest BCUT2D eigenvalue weighted by Crippen LogP contribution is 2.29. The maximum Gasteiger partial charge on any atom is 0.216 e. The molecule has 0 N–H and O–H groups in total. The summed E-state index contributed by atoms with van der Waals surface area (Å²) in [5.74, 6) is 0.708. The van der Waals surface area contributed by atoms with Crippen molar-refractivity contribution < 1.29 is 4.74 Å². The zero-order valence-electron chi connectivity index (χ0n) is 11.1. The zero-order chi connectivity index (χ0) is 13.7. The molecule has 0 radical (unpaired) electrons. The van der Waals surface area contributed by atoms with Crippen molar-refractivity contribution in [2.75, 3.05) is 6.61 Å². The Morgan fingerprint density at radius 1 is 1.11 bits per heavy atom. The first-order valence-electron chi connectivity index (χ1n) is 6.40. The van der Waals surface area contributed by atoms with E-state index < -0.39 is 0 Å². The van der Waals surface area contributed by atoms with Crippen LogP contribution >= 0.6 is 0 Å². The Morgan fingerprint density at radius 2 is 1.74 bits per heavy atom. The van der Waals surface area contributed by atoms with Gasteiger partial charge in [0, 0.05) is 5.56 Å². The summed E-state index contributed by atoms with van der Waals surface area (Å²) in [6, 6.07) is 8.03. The van der Waals surface area contributed by atoms with Crippen LogP contribution in [0.4, 0.5) is 0 Å². The summed E-state index contributed by atoms with van der Waals surface area (Å²) in [5, 5.41) is 0. The molecule has 0 aromatic heterocycles. The molecule has 1 aromatic rings. The Bertz CT molecular complexity index is 501. The second kappa shape index (κ2) is 5.70. The molecule has 2 nitrogen and oxygen atoms in total. The number of hydrogen-bond donors (Lipinski definition) is 0. The number of rotatable bonds is 6. The summed E-state index contributed by atoms with van der Waals surface area (Å²) in [6.45, 7) is 11.9. The van der Waals surface area contributed by atoms with Gasteiger partial charge in [0.15, 0.2) is 0 Å². The van der Waals surface area contributed by atoms with E-state index in [1.54, 1.807) is 0 Å². The minimum atomic E-state index is -0.226. The number of nitrogens with zero attached hydrogens (tertiary/aromatic N) is 1. The SMILES string of the molecule is C=CCC1(CC=C)COC(c2ccc(C=C)cc2)=N1. The smallest absolute Gasteiger partial charge is 0.216 e. The molecule has 0 saturated heterocycles. The fourth-order valence-corrected chi connectivity index (χ4v) is 2.22. The Kier molecular flexibility index (Phi) is 4.00. The van der Waals surface area contributed by atoms with Crippen molar-refractivity contribution in [2.24, 2.45) is 4.99 Å². The van der Waals surface area contributed by atoms with Gasteiger partial charge in [-0.1, -0.05) is 36.9 Å². The van der Waals surface area contributed by atoms with Crippen LogP contribution in [-0.2, 0) is 4.74 Å². The van der Waals surface area contributed by atoms with E-state index in [0.29, 0.717) is 12.5 Å². The van der Waals surface area contributed by atoms with E-state index in [-0.39, 0.29) is 5.54 Å². The van der Waals surface area contributed by atoms with Gasteiger partial charge < -0.3 is 4.74 Å². The fourth-order valence-electron chi connectivity index (χ4n) is 2.22. The normalized spacial score (nSPS) is 16.3. The first-order chi connectivity index (χ1) is 9.23. The Labute approximate surface area is 114 Å². The summed E-state index contributed by atoms with van der Waals surface area (Å²) in [4.78, 5) is 4.75. The molecular formula is C17H19NO. The number of aliphatic imine (C=N–C) groups is 1. The van der Waals surface area contributed by atoms with Gasteiger partial charge >= 0.3 is 0 Å². The van der Waals surface area contributed by atoms with Crippen LogP contribution in [0.1, 0.15) is 24.0 Å². The maximum atomic E-state index is 5.76. The van der Waals surface area contributed by atoms with Gasteiger partial charge in [0.05, 0.1) is 0 Å². The van der Waals surface area contributed by atoms with E-state index >= 15 is 0 Å². The van der Waals surface area contributed by atoms with Gasteiger partial charge in [-0.15, -0.1) is 13.2 Å². The van der Waals surface area contributed by atoms with Gasteiger partial charge in [-0.3, -0.25) is 0 Å². The van der Waals surface area contributed by atoms with E-state index in [1.807, 2.05) is 42.5 Å². The molecule has 1 aromatic carbocycles. The molecule has 0 amide bonds. The van der Waals surface area contributed by atoms with Crippen LogP contribution < -0.4 is 0 Å². The topological polar surface area (TPSA) is 21.6 Å². The lowest BCUT2D eigenvalue weighted by Gasteiger charge is -2.19. The molecular weight excluding hydrogens is 234 g/mol. The van der Waals surface area contributed by atoms with Crippen molar-refractivity contribution in [2.45, 2.75) is 18.4 Å². The number of benzene rings is 1. The quantitative estimate of drug-likeness (QED) is 0.702. The van der Waals surface area contributed by atoms with Crippen LogP contribution in [0.25, 0.3) is 6.08 Å². The van der Waals surface area contributed by atoms with Crippen molar-refractivity contribution in [3.8, 4) is 0 Å². The van der Waals surface area contributed by atoms with E-state index in [1.165, 1.54) is 0 Å². The van der Waals surface area contributed by atoms with Gasteiger partial charge in [-0.05, 0) is 30.5 Å². The average molecular weight is 253 g/mol. The summed E-state index contributed by atoms with van der Waals surface area (Å²) in [7, 11) is 0. The molecule has 1 heterocycles. The highest BCUT2D eigenvalue weighted by atomic mass is 16.5. The predicted molar refractivity (Wildman–Crippen MR) is 81.4 cm³/mol. The van der Waals surface area contributed by atoms with Crippen LogP contribution in [0.2, 0.25) is 0 Å². The molecule has 2 heteroatoms. The van der Waals surface area contributed by atoms with Gasteiger partial charge in [0.25, 0.3) is 0 Å². The lowest BCUT2D eigenvalue weighted by atomic mass is 9.93. The third kappa shape index (κ3) is 2.84. The van der Waals surface area contributed by atoms with Crippen molar-refractivity contribution in [1.29, 1.82) is 0 Å². The average Bonchev–Trinajstić information content (AvgIpc) is 2.84. The Hall–Kier alpha value is -2.09. The number of hydrogen-bond acceptors (Lipinski definition) is 2. The molecule has 0 bridgehead atoms. The second-order valence-electron chi connectivity index (χ2n) is 4.74. The monoisotopic (exact) mass is 253 g/mol. The molecule has 0 aliphatic carbocycles. The van der Waals surface area contributed by atoms with Crippen molar-refractivity contribution in [1.82, 2.24) is 0 Å². The summed E-state index contributed by atoms with van der Waals surface area (Å²) >= 11 is 0. The molecule has 1 aliphatic heterocycles. The second-order valence-corrected chi connectivity index (χ2v) is 4.74. The maximum absolute atomic E-state index is 5.76. The summed E-state index contributed by atoms with van der Waals surface area (Å²) < 4.78 is 5.76. The third-order valence-electron chi connectivity index (χ3n) is 3.26. The highest BCUT2D eigenvalue weighted by molar-refractivity contribution is 5.95. The van der Waals surface area contributed by atoms with Crippen LogP contribution in [0.15, 0.2) is 61.1 Å². The van der Waals surface area contributed by atoms with Crippen LogP contribution in [0.5, 0.6) is 0 Å². The zero-order valence-corrected chi connectivity index (χ0v) is 11.1. The molecule has 0 saturated carbocycles. The first-order valence-corrected chi connectivity index (χ1v) is 6.40. The van der Waals surface area contributed by atoms with Crippen LogP contribution in [0, 0.1) is 0 Å². The van der Waals surface area contributed by atoms with Gasteiger partial charge in [0.2, 0.25) is 5.90 Å². The van der Waals surface area contributed by atoms with Gasteiger partial charge in [-0.2, -0.15) is 0 Å². The molecule has 19 heavy (non-hydrogen) atoms. The predicted octanol–water partition coefficient (Wildman–Crippen LogP) is 4.00. The Morgan fingerprint density at radius 3 is 2.26 bits per heavy atom. The van der Waals surface area contributed by atoms with E-state index in [9.17, 15) is 0 Å². The molecule has 0 unspecified atom stereocenters. The molecule has 0 atom stereocenters. The lowest BCUT2D eigenvalue weighted by Crippen LogP contribution is -2.26. The molecule has 0 spiro atoms. The molecule has 2 rings (SSSR count). The van der Waals surface area contributed by atoms with Crippen LogP contribution in [-0.4, -0.2) is 18.0 Å². The van der Waals surface area contributed by atoms with E-state index in [4.69, 9.17) is 9.73 Å². The van der Waals surface area contributed by atoms with Crippen LogP contribution in [0.3, 0.4) is 0 Å². The molecule has 0 fully saturated rings. The minimum Gasteiger partial charge on any atom is -0.475 e.